The molecule has 0 fully saturated rings. The van der Waals surface area contributed by atoms with E-state index in [1.54, 1.807) is 24.7 Å². The first-order chi connectivity index (χ1) is 9.19. The Morgan fingerprint density at radius 1 is 1.42 bits per heavy atom. The molecule has 5 heteroatoms. The minimum absolute atomic E-state index is 0.0379. The van der Waals surface area contributed by atoms with Gasteiger partial charge in [0.15, 0.2) is 0 Å². The van der Waals surface area contributed by atoms with Gasteiger partial charge in [0, 0.05) is 37.1 Å². The molecule has 0 aliphatic heterocycles. The lowest BCUT2D eigenvalue weighted by atomic mass is 10.1. The number of benzene rings is 1. The maximum atomic E-state index is 12.0. The average molecular weight is 258 g/mol. The van der Waals surface area contributed by atoms with E-state index in [4.69, 9.17) is 5.73 Å². The van der Waals surface area contributed by atoms with Crippen molar-refractivity contribution in [3.63, 3.8) is 0 Å². The molecule has 0 radical (unpaired) electrons. The van der Waals surface area contributed by atoms with Crippen LogP contribution in [0.4, 0.5) is 0 Å². The van der Waals surface area contributed by atoms with Crippen LogP contribution in [0.5, 0.6) is 0 Å². The second-order valence-electron chi connectivity index (χ2n) is 4.54. The minimum Gasteiger partial charge on any atom is -0.348 e. The van der Waals surface area contributed by atoms with Gasteiger partial charge in [-0.05, 0) is 24.6 Å². The van der Waals surface area contributed by atoms with Gasteiger partial charge in [0.05, 0.1) is 6.33 Å². The van der Waals surface area contributed by atoms with E-state index < -0.39 is 0 Å². The fraction of sp³-hybridized carbons (Fsp3) is 0.286. The second kappa shape index (κ2) is 6.15. The van der Waals surface area contributed by atoms with Gasteiger partial charge in [-0.2, -0.15) is 0 Å². The standard InChI is InChI=1S/C14H18N4O/c1-11(9-18-7-6-16-10-18)17-14(19)13-4-2-12(8-15)3-5-13/h2-7,10-11H,8-9,15H2,1H3,(H,17,19). The summed E-state index contributed by atoms with van der Waals surface area (Å²) in [5, 5.41) is 2.95. The SMILES string of the molecule is CC(Cn1ccnc1)NC(=O)c1ccc(CN)cc1. The fourth-order valence-corrected chi connectivity index (χ4v) is 1.86. The van der Waals surface area contributed by atoms with Crippen LogP contribution in [0.25, 0.3) is 0 Å². The number of carbonyl (C=O) groups is 1. The molecule has 100 valence electrons. The number of aromatic nitrogens is 2. The zero-order chi connectivity index (χ0) is 13.7. The van der Waals surface area contributed by atoms with Gasteiger partial charge in [-0.25, -0.2) is 4.98 Å². The van der Waals surface area contributed by atoms with E-state index in [9.17, 15) is 4.79 Å². The average Bonchev–Trinajstić information content (AvgIpc) is 2.91. The van der Waals surface area contributed by atoms with Gasteiger partial charge in [-0.15, -0.1) is 0 Å². The van der Waals surface area contributed by atoms with Crippen molar-refractivity contribution in [3.05, 3.63) is 54.1 Å². The first kappa shape index (κ1) is 13.3. The van der Waals surface area contributed by atoms with Crippen molar-refractivity contribution in [2.75, 3.05) is 0 Å². The van der Waals surface area contributed by atoms with Crippen LogP contribution < -0.4 is 11.1 Å². The minimum atomic E-state index is -0.0730. The van der Waals surface area contributed by atoms with E-state index in [2.05, 4.69) is 10.3 Å². The number of amides is 1. The third-order valence-corrected chi connectivity index (χ3v) is 2.87. The van der Waals surface area contributed by atoms with E-state index in [0.717, 1.165) is 5.56 Å². The molecule has 1 atom stereocenters. The van der Waals surface area contributed by atoms with Crippen molar-refractivity contribution in [2.45, 2.75) is 26.1 Å². The highest BCUT2D eigenvalue weighted by atomic mass is 16.1. The van der Waals surface area contributed by atoms with Gasteiger partial charge in [0.2, 0.25) is 0 Å². The maximum absolute atomic E-state index is 12.0. The highest BCUT2D eigenvalue weighted by Gasteiger charge is 2.09. The van der Waals surface area contributed by atoms with Crippen molar-refractivity contribution in [3.8, 4) is 0 Å². The molecule has 2 rings (SSSR count). The van der Waals surface area contributed by atoms with Crippen LogP contribution in [0, 0.1) is 0 Å². The largest absolute Gasteiger partial charge is 0.348 e. The quantitative estimate of drug-likeness (QED) is 0.845. The van der Waals surface area contributed by atoms with Crippen molar-refractivity contribution >= 4 is 5.91 Å². The first-order valence-corrected chi connectivity index (χ1v) is 6.24. The smallest absolute Gasteiger partial charge is 0.251 e. The number of hydrogen-bond acceptors (Lipinski definition) is 3. The van der Waals surface area contributed by atoms with Gasteiger partial charge in [-0.1, -0.05) is 12.1 Å². The molecule has 1 unspecified atom stereocenters. The number of nitrogens with zero attached hydrogens (tertiary/aromatic N) is 2. The molecular formula is C14H18N4O. The lowest BCUT2D eigenvalue weighted by Gasteiger charge is -2.14. The maximum Gasteiger partial charge on any atom is 0.251 e. The third-order valence-electron chi connectivity index (χ3n) is 2.87. The molecule has 0 aliphatic rings. The molecular weight excluding hydrogens is 240 g/mol. The number of nitrogens with two attached hydrogens (primary N) is 1. The molecule has 0 saturated heterocycles. The van der Waals surface area contributed by atoms with E-state index in [1.165, 1.54) is 0 Å². The summed E-state index contributed by atoms with van der Waals surface area (Å²) in [6.07, 6.45) is 5.33. The molecule has 2 aromatic rings. The van der Waals surface area contributed by atoms with Crippen molar-refractivity contribution in [1.82, 2.24) is 14.9 Å². The lowest BCUT2D eigenvalue weighted by molar-refractivity contribution is 0.0936. The number of imidazole rings is 1. The third kappa shape index (κ3) is 3.66. The zero-order valence-corrected chi connectivity index (χ0v) is 10.9. The molecule has 0 aliphatic carbocycles. The van der Waals surface area contributed by atoms with Crippen LogP contribution in [0.3, 0.4) is 0 Å². The van der Waals surface area contributed by atoms with E-state index in [1.807, 2.05) is 29.8 Å². The van der Waals surface area contributed by atoms with Crippen molar-refractivity contribution < 1.29 is 4.79 Å². The Morgan fingerprint density at radius 3 is 2.74 bits per heavy atom. The van der Waals surface area contributed by atoms with Crippen molar-refractivity contribution in [2.24, 2.45) is 5.73 Å². The predicted molar refractivity (Wildman–Crippen MR) is 73.5 cm³/mol. The Hall–Kier alpha value is -2.14. The van der Waals surface area contributed by atoms with Crippen molar-refractivity contribution in [1.29, 1.82) is 0 Å². The Labute approximate surface area is 112 Å². The fourth-order valence-electron chi connectivity index (χ4n) is 1.86. The van der Waals surface area contributed by atoms with Gasteiger partial charge < -0.3 is 15.6 Å². The normalized spacial score (nSPS) is 12.1. The molecule has 1 aromatic carbocycles. The first-order valence-electron chi connectivity index (χ1n) is 6.24. The van der Waals surface area contributed by atoms with Crippen LogP contribution >= 0.6 is 0 Å². The van der Waals surface area contributed by atoms with Crippen LogP contribution in [-0.2, 0) is 13.1 Å². The highest BCUT2D eigenvalue weighted by Crippen LogP contribution is 2.04. The summed E-state index contributed by atoms with van der Waals surface area (Å²) in [4.78, 5) is 16.0. The predicted octanol–water partition coefficient (Wildman–Crippen LogP) is 1.16. The summed E-state index contributed by atoms with van der Waals surface area (Å²) in [7, 11) is 0. The number of rotatable bonds is 5. The Morgan fingerprint density at radius 2 is 2.16 bits per heavy atom. The monoisotopic (exact) mass is 258 g/mol. The summed E-state index contributed by atoms with van der Waals surface area (Å²) in [6, 6.07) is 7.37. The molecule has 1 amide bonds. The topological polar surface area (TPSA) is 72.9 Å². The molecule has 5 nitrogen and oxygen atoms in total. The molecule has 1 aromatic heterocycles. The van der Waals surface area contributed by atoms with Gasteiger partial charge in [0.1, 0.15) is 0 Å². The summed E-state index contributed by atoms with van der Waals surface area (Å²) >= 11 is 0. The molecule has 3 N–H and O–H groups in total. The van der Waals surface area contributed by atoms with E-state index in [-0.39, 0.29) is 11.9 Å². The summed E-state index contributed by atoms with van der Waals surface area (Å²) in [6.45, 7) is 3.15. The second-order valence-corrected chi connectivity index (χ2v) is 4.54. The Bertz CT molecular complexity index is 519. The number of carbonyl (C=O) groups excluding carboxylic acids is 1. The Kier molecular flexibility index (Phi) is 4.30. The number of nitrogens with one attached hydrogen (secondary N) is 1. The molecule has 0 spiro atoms. The van der Waals surface area contributed by atoms with Gasteiger partial charge >= 0.3 is 0 Å². The van der Waals surface area contributed by atoms with E-state index >= 15 is 0 Å². The number of hydrogen-bond donors (Lipinski definition) is 2. The molecule has 0 bridgehead atoms. The van der Waals surface area contributed by atoms with Crippen LogP contribution in [-0.4, -0.2) is 21.5 Å². The van der Waals surface area contributed by atoms with Crippen LogP contribution in [0.1, 0.15) is 22.8 Å². The zero-order valence-electron chi connectivity index (χ0n) is 10.9. The highest BCUT2D eigenvalue weighted by molar-refractivity contribution is 5.94. The Balaban J connectivity index is 1.92. The van der Waals surface area contributed by atoms with Crippen LogP contribution in [0.2, 0.25) is 0 Å². The summed E-state index contributed by atoms with van der Waals surface area (Å²) < 4.78 is 1.93. The summed E-state index contributed by atoms with van der Waals surface area (Å²) in [5.41, 5.74) is 7.19. The van der Waals surface area contributed by atoms with E-state index in [0.29, 0.717) is 18.7 Å². The van der Waals surface area contributed by atoms with Gasteiger partial charge in [0.25, 0.3) is 5.91 Å². The molecule has 0 saturated carbocycles. The van der Waals surface area contributed by atoms with Gasteiger partial charge in [-0.3, -0.25) is 4.79 Å². The molecule has 1 heterocycles. The molecule has 19 heavy (non-hydrogen) atoms. The summed E-state index contributed by atoms with van der Waals surface area (Å²) in [5.74, 6) is -0.0730. The van der Waals surface area contributed by atoms with Crippen LogP contribution in [0.15, 0.2) is 43.0 Å². The lowest BCUT2D eigenvalue weighted by Crippen LogP contribution is -2.35.